The largest absolute Gasteiger partial charge is 0.399 e. The van der Waals surface area contributed by atoms with Gasteiger partial charge in [-0.05, 0) is 72.8 Å². The van der Waals surface area contributed by atoms with Gasteiger partial charge >= 0.3 is 0 Å². The first-order valence-electron chi connectivity index (χ1n) is 10.0. The van der Waals surface area contributed by atoms with Gasteiger partial charge in [-0.2, -0.15) is 0 Å². The Bertz CT molecular complexity index is 673. The summed E-state index contributed by atoms with van der Waals surface area (Å²) in [6, 6.07) is 17.7. The smallest absolute Gasteiger partial charge is 0.0314 e. The van der Waals surface area contributed by atoms with E-state index in [1.54, 1.807) is 5.56 Å². The van der Waals surface area contributed by atoms with Crippen molar-refractivity contribution in [3.63, 3.8) is 0 Å². The molecule has 0 heterocycles. The van der Waals surface area contributed by atoms with Crippen molar-refractivity contribution in [1.29, 1.82) is 0 Å². The van der Waals surface area contributed by atoms with Gasteiger partial charge in [0.05, 0.1) is 0 Å². The maximum absolute atomic E-state index is 5.91. The van der Waals surface area contributed by atoms with Crippen molar-refractivity contribution in [2.24, 2.45) is 5.41 Å². The van der Waals surface area contributed by atoms with Crippen LogP contribution in [0.5, 0.6) is 0 Å². The summed E-state index contributed by atoms with van der Waals surface area (Å²) >= 11 is 0. The van der Waals surface area contributed by atoms with Crippen LogP contribution in [0.2, 0.25) is 0 Å². The highest BCUT2D eigenvalue weighted by molar-refractivity contribution is 5.40. The van der Waals surface area contributed by atoms with Crippen LogP contribution < -0.4 is 5.73 Å². The monoisotopic (exact) mass is 335 g/mol. The van der Waals surface area contributed by atoms with Crippen molar-refractivity contribution in [3.8, 4) is 0 Å². The quantitative estimate of drug-likeness (QED) is 0.587. The first kappa shape index (κ1) is 18.0. The molecule has 1 saturated carbocycles. The summed E-state index contributed by atoms with van der Waals surface area (Å²) in [4.78, 5) is 0. The van der Waals surface area contributed by atoms with E-state index in [1.165, 1.54) is 62.5 Å². The molecule has 0 bridgehead atoms. The summed E-state index contributed by atoms with van der Waals surface area (Å²) in [5, 5.41) is 0. The standard InChI is InChI=1S/C24H33N/c1-3-4-16-24(18-20-12-14-21(25)15-13-20)17-8-7-11-23(24)22-10-6-5-9-19(22)2/h5-6,9-10,12-15,23H,3-4,7-8,11,16-18,25H2,1-2H3. The van der Waals surface area contributed by atoms with Crippen molar-refractivity contribution in [1.82, 2.24) is 0 Å². The minimum Gasteiger partial charge on any atom is -0.399 e. The molecule has 1 fully saturated rings. The number of aryl methyl sites for hydroxylation is 1. The van der Waals surface area contributed by atoms with Gasteiger partial charge in [0.2, 0.25) is 0 Å². The van der Waals surface area contributed by atoms with Crippen LogP contribution in [0.15, 0.2) is 48.5 Å². The highest BCUT2D eigenvalue weighted by Crippen LogP contribution is 2.53. The maximum atomic E-state index is 5.91. The Hall–Kier alpha value is -1.76. The molecule has 0 aromatic heterocycles. The van der Waals surface area contributed by atoms with Gasteiger partial charge < -0.3 is 5.73 Å². The second-order valence-electron chi connectivity index (χ2n) is 8.04. The second-order valence-corrected chi connectivity index (χ2v) is 8.04. The molecule has 0 spiro atoms. The zero-order valence-electron chi connectivity index (χ0n) is 15.9. The molecule has 0 aliphatic heterocycles. The van der Waals surface area contributed by atoms with Gasteiger partial charge in [-0.15, -0.1) is 0 Å². The van der Waals surface area contributed by atoms with Crippen LogP contribution in [0.4, 0.5) is 5.69 Å². The average Bonchev–Trinajstić information content (AvgIpc) is 2.63. The van der Waals surface area contributed by atoms with E-state index in [0.717, 1.165) is 5.69 Å². The van der Waals surface area contributed by atoms with Crippen molar-refractivity contribution in [2.75, 3.05) is 5.73 Å². The molecule has 3 rings (SSSR count). The van der Waals surface area contributed by atoms with Crippen LogP contribution in [0.3, 0.4) is 0 Å². The van der Waals surface area contributed by atoms with Crippen LogP contribution in [0.25, 0.3) is 0 Å². The number of hydrogen-bond acceptors (Lipinski definition) is 1. The summed E-state index contributed by atoms with van der Waals surface area (Å²) in [6.45, 7) is 4.61. The summed E-state index contributed by atoms with van der Waals surface area (Å²) in [5.74, 6) is 0.687. The fraction of sp³-hybridized carbons (Fsp3) is 0.500. The molecule has 1 heteroatoms. The predicted molar refractivity (Wildman–Crippen MR) is 109 cm³/mol. The van der Waals surface area contributed by atoms with Crippen LogP contribution in [-0.4, -0.2) is 0 Å². The van der Waals surface area contributed by atoms with Gasteiger partial charge in [-0.1, -0.05) is 69.0 Å². The van der Waals surface area contributed by atoms with Gasteiger partial charge in [-0.25, -0.2) is 0 Å². The zero-order chi connectivity index (χ0) is 17.7. The molecule has 1 aliphatic carbocycles. The predicted octanol–water partition coefficient (Wildman–Crippen LogP) is 6.65. The lowest BCUT2D eigenvalue weighted by Crippen LogP contribution is -2.35. The Kier molecular flexibility index (Phi) is 5.83. The fourth-order valence-corrected chi connectivity index (χ4v) is 4.94. The third kappa shape index (κ3) is 4.08. The normalized spacial score (nSPS) is 23.5. The van der Waals surface area contributed by atoms with E-state index >= 15 is 0 Å². The van der Waals surface area contributed by atoms with E-state index < -0.39 is 0 Å². The van der Waals surface area contributed by atoms with E-state index in [2.05, 4.69) is 62.4 Å². The molecule has 2 unspecified atom stereocenters. The summed E-state index contributed by atoms with van der Waals surface area (Å²) in [7, 11) is 0. The molecule has 25 heavy (non-hydrogen) atoms. The molecule has 2 atom stereocenters. The number of rotatable bonds is 6. The summed E-state index contributed by atoms with van der Waals surface area (Å²) in [6.07, 6.45) is 10.6. The molecule has 1 nitrogen and oxygen atoms in total. The Morgan fingerprint density at radius 2 is 1.80 bits per heavy atom. The van der Waals surface area contributed by atoms with Crippen molar-refractivity contribution >= 4 is 5.69 Å². The summed E-state index contributed by atoms with van der Waals surface area (Å²) < 4.78 is 0. The number of benzene rings is 2. The van der Waals surface area contributed by atoms with E-state index in [0.29, 0.717) is 11.3 Å². The zero-order valence-corrected chi connectivity index (χ0v) is 15.9. The second kappa shape index (κ2) is 8.08. The number of unbranched alkanes of at least 4 members (excludes halogenated alkanes) is 1. The van der Waals surface area contributed by atoms with Gasteiger partial charge in [-0.3, -0.25) is 0 Å². The van der Waals surface area contributed by atoms with Crippen molar-refractivity contribution in [2.45, 2.75) is 71.1 Å². The highest BCUT2D eigenvalue weighted by Gasteiger charge is 2.41. The lowest BCUT2D eigenvalue weighted by molar-refractivity contribution is 0.130. The Balaban J connectivity index is 1.97. The van der Waals surface area contributed by atoms with E-state index in [-0.39, 0.29) is 0 Å². The first-order valence-corrected chi connectivity index (χ1v) is 10.0. The molecule has 2 N–H and O–H groups in total. The van der Waals surface area contributed by atoms with Crippen LogP contribution >= 0.6 is 0 Å². The van der Waals surface area contributed by atoms with Crippen LogP contribution in [0, 0.1) is 12.3 Å². The van der Waals surface area contributed by atoms with E-state index in [9.17, 15) is 0 Å². The average molecular weight is 336 g/mol. The maximum Gasteiger partial charge on any atom is 0.0314 e. The molecular weight excluding hydrogens is 302 g/mol. The van der Waals surface area contributed by atoms with Crippen molar-refractivity contribution < 1.29 is 0 Å². The number of nitrogens with two attached hydrogens (primary N) is 1. The minimum atomic E-state index is 0.399. The first-order chi connectivity index (χ1) is 12.1. The third-order valence-electron chi connectivity index (χ3n) is 6.28. The third-order valence-corrected chi connectivity index (χ3v) is 6.28. The fourth-order valence-electron chi connectivity index (χ4n) is 4.94. The topological polar surface area (TPSA) is 26.0 Å². The molecule has 134 valence electrons. The molecule has 0 saturated heterocycles. The Morgan fingerprint density at radius 1 is 1.04 bits per heavy atom. The van der Waals surface area contributed by atoms with Crippen LogP contribution in [0.1, 0.15) is 74.5 Å². The van der Waals surface area contributed by atoms with E-state index in [1.807, 2.05) is 0 Å². The Labute approximate surface area is 153 Å². The van der Waals surface area contributed by atoms with Crippen LogP contribution in [-0.2, 0) is 6.42 Å². The van der Waals surface area contributed by atoms with E-state index in [4.69, 9.17) is 5.73 Å². The lowest BCUT2D eigenvalue weighted by atomic mass is 9.58. The Morgan fingerprint density at radius 3 is 2.52 bits per heavy atom. The number of nitrogen functional groups attached to an aromatic ring is 1. The summed E-state index contributed by atoms with van der Waals surface area (Å²) in [5.41, 5.74) is 11.7. The van der Waals surface area contributed by atoms with Crippen molar-refractivity contribution in [3.05, 3.63) is 65.2 Å². The lowest BCUT2D eigenvalue weighted by Gasteiger charge is -2.46. The van der Waals surface area contributed by atoms with Gasteiger partial charge in [0.1, 0.15) is 0 Å². The number of anilines is 1. The van der Waals surface area contributed by atoms with Gasteiger partial charge in [0.15, 0.2) is 0 Å². The molecule has 0 amide bonds. The molecule has 0 radical (unpaired) electrons. The molecule has 2 aromatic rings. The molecule has 2 aromatic carbocycles. The SMILES string of the molecule is CCCCC1(Cc2ccc(N)cc2)CCCCC1c1ccccc1C. The van der Waals surface area contributed by atoms with Gasteiger partial charge in [0, 0.05) is 5.69 Å². The highest BCUT2D eigenvalue weighted by atomic mass is 14.5. The minimum absolute atomic E-state index is 0.399. The molecule has 1 aliphatic rings. The molecular formula is C24H33N. The van der Waals surface area contributed by atoms with Gasteiger partial charge in [0.25, 0.3) is 0 Å². The number of hydrogen-bond donors (Lipinski definition) is 1.